The molecule has 0 heterocycles. The Morgan fingerprint density at radius 1 is 1.00 bits per heavy atom. The first kappa shape index (κ1) is 14.3. The van der Waals surface area contributed by atoms with Crippen molar-refractivity contribution in [3.8, 4) is 0 Å². The second kappa shape index (κ2) is 5.88. The van der Waals surface area contributed by atoms with Crippen LogP contribution in [-0.2, 0) is 9.84 Å². The molecule has 0 atom stereocenters. The van der Waals surface area contributed by atoms with Crippen LogP contribution in [0.3, 0.4) is 0 Å². The number of aryl methyl sites for hydroxylation is 1. The summed E-state index contributed by atoms with van der Waals surface area (Å²) in [6.45, 7) is 1.93. The zero-order valence-corrected chi connectivity index (χ0v) is 13.4. The fourth-order valence-electron chi connectivity index (χ4n) is 1.60. The summed E-state index contributed by atoms with van der Waals surface area (Å²) in [6, 6.07) is 16.3. The molecule has 0 bridgehead atoms. The van der Waals surface area contributed by atoms with Gasteiger partial charge in [-0.3, -0.25) is 0 Å². The Bertz CT molecular complexity index is 687. The predicted molar refractivity (Wildman–Crippen MR) is 86.8 cm³/mol. The summed E-state index contributed by atoms with van der Waals surface area (Å²) in [5.74, 6) is 0. The summed E-state index contributed by atoms with van der Waals surface area (Å²) < 4.78 is 25.2. The van der Waals surface area contributed by atoms with Gasteiger partial charge in [-0.1, -0.05) is 48.0 Å². The monoisotopic (exact) mass is 384 g/mol. The molecule has 0 saturated heterocycles. The highest BCUT2D eigenvalue weighted by Crippen LogP contribution is 2.25. The minimum Gasteiger partial charge on any atom is -0.219 e. The molecule has 0 N–H and O–H groups in total. The molecule has 98 valence electrons. The smallest absolute Gasteiger partial charge is 0.200 e. The highest BCUT2D eigenvalue weighted by Gasteiger charge is 2.12. The van der Waals surface area contributed by atoms with Gasteiger partial charge in [0.2, 0.25) is 9.84 Å². The fourth-order valence-corrected chi connectivity index (χ4v) is 4.02. The molecule has 2 rings (SSSR count). The molecule has 2 aromatic carbocycles. The number of hydrogen-bond donors (Lipinski definition) is 0. The predicted octanol–water partition coefficient (Wildman–Crippen LogP) is 4.20. The Labute approximate surface area is 127 Å². The summed E-state index contributed by atoms with van der Waals surface area (Å²) in [5.41, 5.74) is 1.94. The molecule has 2 nitrogen and oxygen atoms in total. The molecule has 0 radical (unpaired) electrons. The number of hydrogen-bond acceptors (Lipinski definition) is 2. The third kappa shape index (κ3) is 3.67. The number of rotatable bonds is 3. The van der Waals surface area contributed by atoms with Crippen molar-refractivity contribution in [3.05, 3.63) is 71.1 Å². The van der Waals surface area contributed by atoms with Gasteiger partial charge in [0.15, 0.2) is 0 Å². The van der Waals surface area contributed by atoms with Crippen molar-refractivity contribution in [2.24, 2.45) is 0 Å². The van der Waals surface area contributed by atoms with E-state index >= 15 is 0 Å². The summed E-state index contributed by atoms with van der Waals surface area (Å²) in [6.07, 6.45) is 0. The highest BCUT2D eigenvalue weighted by molar-refractivity contribution is 14.1. The molecule has 0 aromatic heterocycles. The van der Waals surface area contributed by atoms with E-state index in [2.05, 4.69) is 0 Å². The van der Waals surface area contributed by atoms with Crippen LogP contribution in [0.2, 0.25) is 0 Å². The highest BCUT2D eigenvalue weighted by atomic mass is 127. The largest absolute Gasteiger partial charge is 0.219 e. The van der Waals surface area contributed by atoms with E-state index in [0.29, 0.717) is 8.48 Å². The van der Waals surface area contributed by atoms with E-state index < -0.39 is 9.84 Å². The van der Waals surface area contributed by atoms with E-state index in [1.807, 2.05) is 59.8 Å². The van der Waals surface area contributed by atoms with Crippen molar-refractivity contribution in [2.45, 2.75) is 11.8 Å². The number of sulfone groups is 1. The van der Waals surface area contributed by atoms with E-state index in [-0.39, 0.29) is 0 Å². The van der Waals surface area contributed by atoms with Gasteiger partial charge < -0.3 is 0 Å². The molecule has 4 heteroatoms. The van der Waals surface area contributed by atoms with E-state index in [1.165, 1.54) is 5.41 Å². The first-order valence-corrected chi connectivity index (χ1v) is 8.36. The van der Waals surface area contributed by atoms with Crippen molar-refractivity contribution in [1.82, 2.24) is 0 Å². The summed E-state index contributed by atoms with van der Waals surface area (Å²) in [7, 11) is -3.39. The van der Waals surface area contributed by atoms with Crippen LogP contribution in [0.4, 0.5) is 0 Å². The lowest BCUT2D eigenvalue weighted by Crippen LogP contribution is -1.96. The van der Waals surface area contributed by atoms with Crippen LogP contribution in [0, 0.1) is 6.92 Å². The summed E-state index contributed by atoms with van der Waals surface area (Å²) in [5, 5.41) is 1.31. The van der Waals surface area contributed by atoms with E-state index in [4.69, 9.17) is 0 Å². The van der Waals surface area contributed by atoms with Gasteiger partial charge in [0, 0.05) is 8.99 Å². The molecule has 0 aliphatic carbocycles. The Hall–Kier alpha value is -1.14. The third-order valence-electron chi connectivity index (χ3n) is 2.66. The lowest BCUT2D eigenvalue weighted by Gasteiger charge is -2.02. The lowest BCUT2D eigenvalue weighted by atomic mass is 10.2. The molecule has 0 fully saturated rings. The molecule has 0 spiro atoms. The van der Waals surface area contributed by atoms with Crippen molar-refractivity contribution in [3.63, 3.8) is 0 Å². The number of halogens is 1. The van der Waals surface area contributed by atoms with Gasteiger partial charge in [0.25, 0.3) is 0 Å². The summed E-state index contributed by atoms with van der Waals surface area (Å²) >= 11 is 2.05. The van der Waals surface area contributed by atoms with Gasteiger partial charge in [-0.2, -0.15) is 0 Å². The van der Waals surface area contributed by atoms with Crippen LogP contribution in [-0.4, -0.2) is 8.42 Å². The van der Waals surface area contributed by atoms with Gasteiger partial charge in [0.1, 0.15) is 0 Å². The van der Waals surface area contributed by atoms with Crippen molar-refractivity contribution in [2.75, 3.05) is 0 Å². The van der Waals surface area contributed by atoms with Gasteiger partial charge in [-0.15, -0.1) is 0 Å². The minimum absolute atomic E-state index is 0.322. The molecule has 0 saturated carbocycles. The lowest BCUT2D eigenvalue weighted by molar-refractivity contribution is 0.605. The van der Waals surface area contributed by atoms with Crippen molar-refractivity contribution in [1.29, 1.82) is 0 Å². The standard InChI is InChI=1S/C15H13IO2S/c1-12-7-9-14(10-8-12)19(17,18)11-15(16)13-5-3-2-4-6-13/h2-11H,1H3. The summed E-state index contributed by atoms with van der Waals surface area (Å²) in [4.78, 5) is 0.322. The average Bonchev–Trinajstić information content (AvgIpc) is 2.40. The van der Waals surface area contributed by atoms with Crippen LogP contribution >= 0.6 is 22.6 Å². The van der Waals surface area contributed by atoms with Crippen molar-refractivity contribution < 1.29 is 8.42 Å². The normalized spacial score (nSPS) is 12.4. The Morgan fingerprint density at radius 3 is 2.16 bits per heavy atom. The van der Waals surface area contributed by atoms with Crippen LogP contribution in [0.15, 0.2) is 64.9 Å². The topological polar surface area (TPSA) is 34.1 Å². The first-order chi connectivity index (χ1) is 8.99. The molecule has 0 aliphatic heterocycles. The van der Waals surface area contributed by atoms with Gasteiger partial charge in [0.05, 0.1) is 4.90 Å². The maximum absolute atomic E-state index is 12.2. The van der Waals surface area contributed by atoms with Gasteiger partial charge >= 0.3 is 0 Å². The molecule has 0 amide bonds. The zero-order chi connectivity index (χ0) is 13.9. The molecular weight excluding hydrogens is 371 g/mol. The van der Waals surface area contributed by atoms with E-state index in [0.717, 1.165) is 11.1 Å². The van der Waals surface area contributed by atoms with Gasteiger partial charge in [-0.05, 0) is 47.2 Å². The van der Waals surface area contributed by atoms with Gasteiger partial charge in [-0.25, -0.2) is 8.42 Å². The Morgan fingerprint density at radius 2 is 1.58 bits per heavy atom. The number of benzene rings is 2. The average molecular weight is 384 g/mol. The minimum atomic E-state index is -3.39. The Kier molecular flexibility index (Phi) is 4.42. The molecule has 2 aromatic rings. The van der Waals surface area contributed by atoms with Crippen LogP contribution in [0.25, 0.3) is 3.58 Å². The molecule has 0 aliphatic rings. The molecule has 19 heavy (non-hydrogen) atoms. The quantitative estimate of drug-likeness (QED) is 0.744. The maximum atomic E-state index is 12.2. The second-order valence-electron chi connectivity index (χ2n) is 4.19. The Balaban J connectivity index is 2.39. The first-order valence-electron chi connectivity index (χ1n) is 5.73. The van der Waals surface area contributed by atoms with Crippen LogP contribution in [0.1, 0.15) is 11.1 Å². The van der Waals surface area contributed by atoms with Crippen LogP contribution < -0.4 is 0 Å². The van der Waals surface area contributed by atoms with E-state index in [9.17, 15) is 8.42 Å². The van der Waals surface area contributed by atoms with E-state index in [1.54, 1.807) is 24.3 Å². The molecular formula is C15H13IO2S. The SMILES string of the molecule is Cc1ccc(S(=O)(=O)C=C(I)c2ccccc2)cc1. The van der Waals surface area contributed by atoms with Crippen molar-refractivity contribution >= 4 is 36.0 Å². The maximum Gasteiger partial charge on any atom is 0.200 e. The fraction of sp³-hybridized carbons (Fsp3) is 0.0667. The second-order valence-corrected chi connectivity index (χ2v) is 7.15. The third-order valence-corrected chi connectivity index (χ3v) is 5.49. The zero-order valence-electron chi connectivity index (χ0n) is 10.4. The molecule has 0 unspecified atom stereocenters. The van der Waals surface area contributed by atoms with Crippen LogP contribution in [0.5, 0.6) is 0 Å².